The minimum absolute atomic E-state index is 0.100. The number of aromatic nitrogens is 1. The standard InChI is InChI=1S/C22H18F5N5O2/c1-32-15(18-12(23)3-2-4-13(18)24)7-14(19-16(32)9-29-21(19)34)31-17-6-5-11(8-28-17)20(33)30-10-22(25,26)27/h2-8,15H,9-10H2,1H3,(H,28,31)(H,29,34)(H,30,33). The summed E-state index contributed by atoms with van der Waals surface area (Å²) in [6.45, 7) is -1.33. The van der Waals surface area contributed by atoms with E-state index in [1.165, 1.54) is 24.3 Å². The Labute approximate surface area is 190 Å². The number of carbonyl (C=O) groups is 2. The highest BCUT2D eigenvalue weighted by Crippen LogP contribution is 2.38. The first-order chi connectivity index (χ1) is 16.0. The lowest BCUT2D eigenvalue weighted by atomic mass is 9.95. The van der Waals surface area contributed by atoms with Crippen molar-refractivity contribution in [3.05, 3.63) is 82.3 Å². The maximum absolute atomic E-state index is 14.5. The van der Waals surface area contributed by atoms with Crippen LogP contribution in [0.2, 0.25) is 0 Å². The van der Waals surface area contributed by atoms with Gasteiger partial charge in [-0.1, -0.05) is 6.07 Å². The Morgan fingerprint density at radius 2 is 1.91 bits per heavy atom. The molecule has 0 saturated carbocycles. The summed E-state index contributed by atoms with van der Waals surface area (Å²) >= 11 is 0. The number of anilines is 1. The van der Waals surface area contributed by atoms with Gasteiger partial charge >= 0.3 is 6.18 Å². The van der Waals surface area contributed by atoms with E-state index in [-0.39, 0.29) is 34.8 Å². The van der Waals surface area contributed by atoms with Gasteiger partial charge in [-0.05, 0) is 30.3 Å². The molecule has 2 aliphatic rings. The topological polar surface area (TPSA) is 86.4 Å². The van der Waals surface area contributed by atoms with Gasteiger partial charge in [0.25, 0.3) is 11.8 Å². The van der Waals surface area contributed by atoms with Gasteiger partial charge in [-0.15, -0.1) is 0 Å². The molecule has 2 aromatic rings. The molecule has 0 radical (unpaired) electrons. The summed E-state index contributed by atoms with van der Waals surface area (Å²) in [6, 6.07) is 5.25. The average Bonchev–Trinajstić information content (AvgIpc) is 3.17. The molecule has 178 valence electrons. The lowest BCUT2D eigenvalue weighted by Gasteiger charge is -2.34. The van der Waals surface area contributed by atoms with Crippen molar-refractivity contribution < 1.29 is 31.5 Å². The summed E-state index contributed by atoms with van der Waals surface area (Å²) in [6.07, 6.45) is -1.99. The van der Waals surface area contributed by atoms with E-state index >= 15 is 0 Å². The Balaban J connectivity index is 1.62. The number of likely N-dealkylation sites (N-methyl/N-ethyl adjacent to an activating group) is 1. The second-order valence-electron chi connectivity index (χ2n) is 7.63. The van der Waals surface area contributed by atoms with Crippen LogP contribution in [0.3, 0.4) is 0 Å². The highest BCUT2D eigenvalue weighted by Gasteiger charge is 2.37. The largest absolute Gasteiger partial charge is 0.405 e. The number of halogens is 5. The lowest BCUT2D eigenvalue weighted by Crippen LogP contribution is -2.33. The van der Waals surface area contributed by atoms with Crippen molar-refractivity contribution in [2.24, 2.45) is 0 Å². The molecule has 3 heterocycles. The van der Waals surface area contributed by atoms with Crippen molar-refractivity contribution in [2.75, 3.05) is 25.5 Å². The van der Waals surface area contributed by atoms with Gasteiger partial charge in [0.05, 0.1) is 29.4 Å². The zero-order valence-corrected chi connectivity index (χ0v) is 17.6. The molecular formula is C22H18F5N5O2. The summed E-state index contributed by atoms with van der Waals surface area (Å²) in [7, 11) is 1.62. The maximum Gasteiger partial charge on any atom is 0.405 e. The van der Waals surface area contributed by atoms with Gasteiger partial charge in [-0.2, -0.15) is 13.2 Å². The van der Waals surface area contributed by atoms with Crippen LogP contribution in [0, 0.1) is 11.6 Å². The van der Waals surface area contributed by atoms with Crippen molar-refractivity contribution in [3.63, 3.8) is 0 Å². The van der Waals surface area contributed by atoms with Crippen LogP contribution in [0.1, 0.15) is 22.0 Å². The van der Waals surface area contributed by atoms with Crippen LogP contribution in [-0.2, 0) is 4.79 Å². The normalized spacial score (nSPS) is 17.8. The van der Waals surface area contributed by atoms with E-state index in [0.717, 1.165) is 18.3 Å². The number of hydrogen-bond acceptors (Lipinski definition) is 5. The van der Waals surface area contributed by atoms with Crippen LogP contribution in [0.25, 0.3) is 0 Å². The van der Waals surface area contributed by atoms with Gasteiger partial charge in [0, 0.05) is 24.5 Å². The van der Waals surface area contributed by atoms with E-state index in [1.807, 2.05) is 0 Å². The van der Waals surface area contributed by atoms with Gasteiger partial charge < -0.3 is 20.9 Å². The third kappa shape index (κ3) is 4.56. The Morgan fingerprint density at radius 1 is 1.21 bits per heavy atom. The molecule has 1 unspecified atom stereocenters. The van der Waals surface area contributed by atoms with Crippen molar-refractivity contribution >= 4 is 17.6 Å². The second-order valence-corrected chi connectivity index (χ2v) is 7.63. The van der Waals surface area contributed by atoms with Crippen LogP contribution in [0.4, 0.5) is 27.8 Å². The van der Waals surface area contributed by atoms with Gasteiger partial charge in [0.15, 0.2) is 0 Å². The number of nitrogens with one attached hydrogen (secondary N) is 3. The monoisotopic (exact) mass is 479 g/mol. The number of hydrogen-bond donors (Lipinski definition) is 3. The summed E-state index contributed by atoms with van der Waals surface area (Å²) in [5.41, 5.74) is 0.740. The number of benzene rings is 1. The molecule has 1 atom stereocenters. The highest BCUT2D eigenvalue weighted by molar-refractivity contribution is 6.02. The van der Waals surface area contributed by atoms with Crippen molar-refractivity contribution in [2.45, 2.75) is 12.2 Å². The maximum atomic E-state index is 14.5. The molecule has 1 aromatic carbocycles. The predicted octanol–water partition coefficient (Wildman–Crippen LogP) is 3.02. The van der Waals surface area contributed by atoms with E-state index in [9.17, 15) is 31.5 Å². The highest BCUT2D eigenvalue weighted by atomic mass is 19.4. The lowest BCUT2D eigenvalue weighted by molar-refractivity contribution is -0.123. The van der Waals surface area contributed by atoms with Crippen LogP contribution < -0.4 is 16.0 Å². The molecule has 0 fully saturated rings. The van der Waals surface area contributed by atoms with E-state index < -0.39 is 42.2 Å². The van der Waals surface area contributed by atoms with Crippen LogP contribution in [0.15, 0.2) is 59.6 Å². The summed E-state index contributed by atoms with van der Waals surface area (Å²) in [5.74, 6) is -2.67. The fourth-order valence-corrected chi connectivity index (χ4v) is 3.77. The fourth-order valence-electron chi connectivity index (χ4n) is 3.77. The predicted molar refractivity (Wildman–Crippen MR) is 111 cm³/mol. The molecule has 0 saturated heterocycles. The minimum atomic E-state index is -4.55. The Morgan fingerprint density at radius 3 is 2.53 bits per heavy atom. The van der Waals surface area contributed by atoms with E-state index in [0.29, 0.717) is 5.70 Å². The molecule has 0 bridgehead atoms. The van der Waals surface area contributed by atoms with Crippen molar-refractivity contribution in [1.82, 2.24) is 20.5 Å². The van der Waals surface area contributed by atoms with Crippen molar-refractivity contribution in [1.29, 1.82) is 0 Å². The molecule has 12 heteroatoms. The van der Waals surface area contributed by atoms with Gasteiger partial charge in [0.2, 0.25) is 0 Å². The molecule has 3 N–H and O–H groups in total. The zero-order chi connectivity index (χ0) is 24.6. The number of pyridine rings is 1. The number of alkyl halides is 3. The van der Waals surface area contributed by atoms with E-state index in [4.69, 9.17) is 0 Å². The average molecular weight is 479 g/mol. The molecule has 7 nitrogen and oxygen atoms in total. The molecule has 34 heavy (non-hydrogen) atoms. The first kappa shape index (κ1) is 23.2. The first-order valence-electron chi connectivity index (χ1n) is 10.0. The number of amides is 2. The van der Waals surface area contributed by atoms with Crippen LogP contribution in [-0.4, -0.2) is 48.0 Å². The summed E-state index contributed by atoms with van der Waals surface area (Å²) in [4.78, 5) is 29.9. The third-order valence-corrected chi connectivity index (χ3v) is 5.40. The number of nitrogens with zero attached hydrogens (tertiary/aromatic N) is 2. The summed E-state index contributed by atoms with van der Waals surface area (Å²) < 4.78 is 65.9. The minimum Gasteiger partial charge on any atom is -0.365 e. The fraction of sp³-hybridized carbons (Fsp3) is 0.227. The quantitative estimate of drug-likeness (QED) is 0.575. The smallest absolute Gasteiger partial charge is 0.365 e. The molecule has 2 aliphatic heterocycles. The molecule has 2 amide bonds. The Kier molecular flexibility index (Phi) is 5.98. The number of carbonyl (C=O) groups excluding carboxylic acids is 2. The van der Waals surface area contributed by atoms with E-state index in [1.54, 1.807) is 17.3 Å². The first-order valence-corrected chi connectivity index (χ1v) is 10.0. The van der Waals surface area contributed by atoms with Crippen LogP contribution >= 0.6 is 0 Å². The second kappa shape index (κ2) is 8.76. The molecular weight excluding hydrogens is 461 g/mol. The van der Waals surface area contributed by atoms with Gasteiger partial charge in [-0.3, -0.25) is 9.59 Å². The van der Waals surface area contributed by atoms with Crippen LogP contribution in [0.5, 0.6) is 0 Å². The van der Waals surface area contributed by atoms with Crippen molar-refractivity contribution in [3.8, 4) is 0 Å². The van der Waals surface area contributed by atoms with Gasteiger partial charge in [-0.25, -0.2) is 13.8 Å². The number of rotatable bonds is 5. The van der Waals surface area contributed by atoms with E-state index in [2.05, 4.69) is 15.6 Å². The van der Waals surface area contributed by atoms with Gasteiger partial charge in [0.1, 0.15) is 24.0 Å². The zero-order valence-electron chi connectivity index (χ0n) is 17.6. The Bertz CT molecular complexity index is 1190. The molecule has 0 aliphatic carbocycles. The Hall–Kier alpha value is -3.96. The third-order valence-electron chi connectivity index (χ3n) is 5.40. The molecule has 0 spiro atoms. The summed E-state index contributed by atoms with van der Waals surface area (Å²) in [5, 5.41) is 7.33. The molecule has 4 rings (SSSR count). The molecule has 1 aromatic heterocycles. The SMILES string of the molecule is CN1C2=C(C(=O)NC2)C(Nc2ccc(C(=O)NCC(F)(F)F)cn2)=CC1c1c(F)cccc1F.